The fourth-order valence-corrected chi connectivity index (χ4v) is 1.09. The van der Waals surface area contributed by atoms with Gasteiger partial charge in [0.05, 0.1) is 5.56 Å². The van der Waals surface area contributed by atoms with Gasteiger partial charge in [-0.1, -0.05) is 6.92 Å². The van der Waals surface area contributed by atoms with Crippen LogP contribution < -0.4 is 5.73 Å². The first kappa shape index (κ1) is 12.0. The molecule has 0 aliphatic heterocycles. The maximum absolute atomic E-state index is 13.3. The lowest BCUT2D eigenvalue weighted by atomic mass is 10.2. The Labute approximate surface area is 92.4 Å². The molecule has 0 fully saturated rings. The number of hydrogen-bond acceptors (Lipinski definition) is 4. The maximum atomic E-state index is 13.3. The molecule has 1 aromatic carbocycles. The van der Waals surface area contributed by atoms with Gasteiger partial charge in [-0.25, -0.2) is 9.18 Å². The summed E-state index contributed by atoms with van der Waals surface area (Å²) in [5.74, 6) is -1.61. The van der Waals surface area contributed by atoms with Crippen molar-refractivity contribution in [2.24, 2.45) is 0 Å². The van der Waals surface area contributed by atoms with Crippen LogP contribution in [-0.2, 0) is 4.74 Å². The molecule has 1 rings (SSSR count). The first-order chi connectivity index (χ1) is 7.58. The second-order valence-corrected chi connectivity index (χ2v) is 3.17. The van der Waals surface area contributed by atoms with Gasteiger partial charge in [0, 0.05) is 5.69 Å². The molecule has 84 valence electrons. The summed E-state index contributed by atoms with van der Waals surface area (Å²) in [7, 11) is 0. The Morgan fingerprint density at radius 2 is 2.38 bits per heavy atom. The summed E-state index contributed by atoms with van der Waals surface area (Å²) in [5, 5.41) is 8.59. The zero-order chi connectivity index (χ0) is 12.1. The van der Waals surface area contributed by atoms with E-state index in [1.54, 1.807) is 13.0 Å². The predicted octanol–water partition coefficient (Wildman–Crippen LogP) is 1.87. The van der Waals surface area contributed by atoms with Crippen LogP contribution in [0.15, 0.2) is 18.2 Å². The van der Waals surface area contributed by atoms with Crippen LogP contribution in [0.3, 0.4) is 0 Å². The Bertz CT molecular complexity index is 440. The number of nitrogens with two attached hydrogens (primary N) is 1. The van der Waals surface area contributed by atoms with Crippen molar-refractivity contribution in [2.45, 2.75) is 19.4 Å². The lowest BCUT2D eigenvalue weighted by Gasteiger charge is -2.09. The topological polar surface area (TPSA) is 76.1 Å². The minimum atomic E-state index is -0.857. The van der Waals surface area contributed by atoms with E-state index in [9.17, 15) is 9.18 Å². The molecule has 0 saturated heterocycles. The van der Waals surface area contributed by atoms with Crippen LogP contribution in [0.1, 0.15) is 23.7 Å². The van der Waals surface area contributed by atoms with Crippen molar-refractivity contribution in [3.05, 3.63) is 29.6 Å². The van der Waals surface area contributed by atoms with Crippen molar-refractivity contribution in [2.75, 3.05) is 5.73 Å². The zero-order valence-electron chi connectivity index (χ0n) is 8.74. The second-order valence-electron chi connectivity index (χ2n) is 3.17. The summed E-state index contributed by atoms with van der Waals surface area (Å²) in [6.07, 6.45) is -0.497. The number of nitriles is 1. The first-order valence-electron chi connectivity index (χ1n) is 4.74. The Kier molecular flexibility index (Phi) is 3.84. The molecule has 1 atom stereocenters. The van der Waals surface area contributed by atoms with Gasteiger partial charge in [-0.15, -0.1) is 0 Å². The van der Waals surface area contributed by atoms with Gasteiger partial charge < -0.3 is 10.5 Å². The summed E-state index contributed by atoms with van der Waals surface area (Å²) < 4.78 is 18.1. The standard InChI is InChI=1S/C11H11FN2O2/c1-2-8(6-13)16-11(15)9-4-3-7(14)5-10(9)12/h3-5,8H,2,14H2,1H3. The summed E-state index contributed by atoms with van der Waals surface area (Å²) in [6.45, 7) is 1.69. The lowest BCUT2D eigenvalue weighted by molar-refractivity contribution is 0.0396. The second kappa shape index (κ2) is 5.12. The number of benzene rings is 1. The van der Waals surface area contributed by atoms with E-state index in [1.807, 2.05) is 0 Å². The van der Waals surface area contributed by atoms with E-state index in [1.165, 1.54) is 12.1 Å². The number of esters is 1. The van der Waals surface area contributed by atoms with Crippen molar-refractivity contribution >= 4 is 11.7 Å². The van der Waals surface area contributed by atoms with Crippen molar-refractivity contribution < 1.29 is 13.9 Å². The Morgan fingerprint density at radius 1 is 1.69 bits per heavy atom. The number of hydrogen-bond donors (Lipinski definition) is 1. The smallest absolute Gasteiger partial charge is 0.342 e. The van der Waals surface area contributed by atoms with Crippen LogP contribution in [0.4, 0.5) is 10.1 Å². The summed E-state index contributed by atoms with van der Waals surface area (Å²) >= 11 is 0. The van der Waals surface area contributed by atoms with Crippen molar-refractivity contribution in [1.82, 2.24) is 0 Å². The van der Waals surface area contributed by atoms with E-state index in [0.717, 1.165) is 6.07 Å². The molecular weight excluding hydrogens is 211 g/mol. The fraction of sp³-hybridized carbons (Fsp3) is 0.273. The van der Waals surface area contributed by atoms with E-state index >= 15 is 0 Å². The molecule has 0 aliphatic rings. The van der Waals surface area contributed by atoms with E-state index in [4.69, 9.17) is 15.7 Å². The van der Waals surface area contributed by atoms with E-state index < -0.39 is 17.9 Å². The molecule has 0 amide bonds. The lowest BCUT2D eigenvalue weighted by Crippen LogP contribution is -2.16. The number of ether oxygens (including phenoxy) is 1. The molecule has 4 nitrogen and oxygen atoms in total. The third kappa shape index (κ3) is 2.70. The van der Waals surface area contributed by atoms with Crippen LogP contribution in [-0.4, -0.2) is 12.1 Å². The first-order valence-corrected chi connectivity index (χ1v) is 4.74. The molecule has 0 saturated carbocycles. The molecule has 0 spiro atoms. The average Bonchev–Trinajstić information content (AvgIpc) is 2.25. The van der Waals surface area contributed by atoms with Crippen LogP contribution in [0.5, 0.6) is 0 Å². The monoisotopic (exact) mass is 222 g/mol. The van der Waals surface area contributed by atoms with Gasteiger partial charge in [0.15, 0.2) is 6.10 Å². The van der Waals surface area contributed by atoms with Crippen LogP contribution in [0.2, 0.25) is 0 Å². The van der Waals surface area contributed by atoms with Gasteiger partial charge in [0.2, 0.25) is 0 Å². The number of carbonyl (C=O) groups is 1. The SMILES string of the molecule is CCC(C#N)OC(=O)c1ccc(N)cc1F. The third-order valence-corrected chi connectivity index (χ3v) is 1.98. The van der Waals surface area contributed by atoms with Crippen LogP contribution >= 0.6 is 0 Å². The zero-order valence-corrected chi connectivity index (χ0v) is 8.74. The quantitative estimate of drug-likeness (QED) is 0.625. The number of rotatable bonds is 3. The van der Waals surface area contributed by atoms with Gasteiger partial charge in [0.1, 0.15) is 11.9 Å². The number of anilines is 1. The molecule has 0 aliphatic carbocycles. The van der Waals surface area contributed by atoms with Crippen molar-refractivity contribution in [3.63, 3.8) is 0 Å². The minimum absolute atomic E-state index is 0.220. The van der Waals surface area contributed by atoms with E-state index in [2.05, 4.69) is 0 Å². The molecule has 5 heteroatoms. The van der Waals surface area contributed by atoms with E-state index in [0.29, 0.717) is 6.42 Å². The Hall–Kier alpha value is -2.09. The number of carbonyl (C=O) groups excluding carboxylic acids is 1. The highest BCUT2D eigenvalue weighted by Crippen LogP contribution is 2.14. The molecule has 0 heterocycles. The molecule has 0 bridgehead atoms. The molecular formula is C11H11FN2O2. The molecule has 2 N–H and O–H groups in total. The van der Waals surface area contributed by atoms with Gasteiger partial charge >= 0.3 is 5.97 Å². The van der Waals surface area contributed by atoms with Gasteiger partial charge in [0.25, 0.3) is 0 Å². The molecule has 1 unspecified atom stereocenters. The Balaban J connectivity index is 2.85. The minimum Gasteiger partial charge on any atom is -0.443 e. The van der Waals surface area contributed by atoms with E-state index in [-0.39, 0.29) is 11.3 Å². The largest absolute Gasteiger partial charge is 0.443 e. The normalized spacial score (nSPS) is 11.6. The van der Waals surface area contributed by atoms with Crippen LogP contribution in [0, 0.1) is 17.1 Å². The van der Waals surface area contributed by atoms with Crippen molar-refractivity contribution in [3.8, 4) is 6.07 Å². The third-order valence-electron chi connectivity index (χ3n) is 1.98. The molecule has 1 aromatic rings. The summed E-state index contributed by atoms with van der Waals surface area (Å²) in [6, 6.07) is 5.45. The Morgan fingerprint density at radius 3 is 2.88 bits per heavy atom. The van der Waals surface area contributed by atoms with Crippen molar-refractivity contribution in [1.29, 1.82) is 5.26 Å². The summed E-state index contributed by atoms with van der Waals surface area (Å²) in [5.41, 5.74) is 5.34. The highest BCUT2D eigenvalue weighted by Gasteiger charge is 2.17. The molecule has 16 heavy (non-hydrogen) atoms. The van der Waals surface area contributed by atoms with Gasteiger partial charge in [-0.2, -0.15) is 5.26 Å². The van der Waals surface area contributed by atoms with Gasteiger partial charge in [-0.05, 0) is 24.6 Å². The highest BCUT2D eigenvalue weighted by molar-refractivity contribution is 5.90. The maximum Gasteiger partial charge on any atom is 0.342 e. The predicted molar refractivity (Wildman–Crippen MR) is 55.9 cm³/mol. The highest BCUT2D eigenvalue weighted by atomic mass is 19.1. The number of nitrogens with zero attached hydrogens (tertiary/aromatic N) is 1. The number of halogens is 1. The fourth-order valence-electron chi connectivity index (χ4n) is 1.09. The average molecular weight is 222 g/mol. The summed E-state index contributed by atoms with van der Waals surface area (Å²) in [4.78, 5) is 11.5. The molecule has 0 aromatic heterocycles. The van der Waals surface area contributed by atoms with Crippen LogP contribution in [0.25, 0.3) is 0 Å². The molecule has 0 radical (unpaired) electrons. The van der Waals surface area contributed by atoms with Gasteiger partial charge in [-0.3, -0.25) is 0 Å². The number of nitrogen functional groups attached to an aromatic ring is 1.